The van der Waals surface area contributed by atoms with E-state index in [0.29, 0.717) is 35.0 Å². The number of hydrogen-bond donors (Lipinski definition) is 2. The van der Waals surface area contributed by atoms with E-state index in [9.17, 15) is 4.79 Å². The molecular formula is C25H26N6O4. The Morgan fingerprint density at radius 2 is 1.69 bits per heavy atom. The van der Waals surface area contributed by atoms with Crippen LogP contribution < -0.4 is 24.8 Å². The number of benzene rings is 2. The van der Waals surface area contributed by atoms with Gasteiger partial charge in [0.2, 0.25) is 0 Å². The fraction of sp³-hybridized carbons (Fsp3) is 0.200. The van der Waals surface area contributed by atoms with Crippen LogP contribution in [0.5, 0.6) is 17.2 Å². The average Bonchev–Trinajstić information content (AvgIpc) is 3.37. The second kappa shape index (κ2) is 11.0. The van der Waals surface area contributed by atoms with Crippen molar-refractivity contribution in [3.05, 3.63) is 90.0 Å². The zero-order valence-electron chi connectivity index (χ0n) is 19.6. The van der Waals surface area contributed by atoms with Crippen LogP contribution in [-0.4, -0.2) is 47.2 Å². The number of aromatic nitrogens is 4. The molecule has 180 valence electrons. The van der Waals surface area contributed by atoms with Gasteiger partial charge in [0.05, 0.1) is 39.6 Å². The first-order valence-corrected chi connectivity index (χ1v) is 10.8. The van der Waals surface area contributed by atoms with Gasteiger partial charge in [-0.15, -0.1) is 5.10 Å². The second-order valence-electron chi connectivity index (χ2n) is 7.58. The SMILES string of the molecule is COc1ccc(Cn2cc(C(NC(=O)c3cccnc3)Nc3cc(OC)cc(OC)c3)nn2)cc1. The molecule has 0 bridgehead atoms. The average molecular weight is 475 g/mol. The van der Waals surface area contributed by atoms with Crippen LogP contribution in [0, 0.1) is 0 Å². The molecule has 0 aliphatic heterocycles. The summed E-state index contributed by atoms with van der Waals surface area (Å²) in [5, 5.41) is 14.8. The minimum atomic E-state index is -0.691. The summed E-state index contributed by atoms with van der Waals surface area (Å²) in [7, 11) is 4.78. The molecule has 2 aromatic heterocycles. The van der Waals surface area contributed by atoms with Gasteiger partial charge in [-0.05, 0) is 29.8 Å². The van der Waals surface area contributed by atoms with Crippen molar-refractivity contribution in [3.63, 3.8) is 0 Å². The lowest BCUT2D eigenvalue weighted by molar-refractivity contribution is 0.0940. The molecule has 10 heteroatoms. The van der Waals surface area contributed by atoms with E-state index in [-0.39, 0.29) is 5.91 Å². The normalized spacial score (nSPS) is 11.4. The minimum absolute atomic E-state index is 0.310. The Kier molecular flexibility index (Phi) is 7.41. The highest BCUT2D eigenvalue weighted by Crippen LogP contribution is 2.28. The third-order valence-electron chi connectivity index (χ3n) is 5.22. The number of nitrogens with zero attached hydrogens (tertiary/aromatic N) is 4. The smallest absolute Gasteiger partial charge is 0.254 e. The van der Waals surface area contributed by atoms with Crippen LogP contribution in [0.1, 0.15) is 27.8 Å². The maximum atomic E-state index is 12.9. The van der Waals surface area contributed by atoms with E-state index < -0.39 is 6.17 Å². The number of hydrogen-bond acceptors (Lipinski definition) is 8. The summed E-state index contributed by atoms with van der Waals surface area (Å²) in [6.45, 7) is 0.507. The molecule has 0 radical (unpaired) electrons. The highest BCUT2D eigenvalue weighted by molar-refractivity contribution is 5.94. The van der Waals surface area contributed by atoms with Gasteiger partial charge in [0.1, 0.15) is 29.1 Å². The van der Waals surface area contributed by atoms with Crippen molar-refractivity contribution < 1.29 is 19.0 Å². The summed E-state index contributed by atoms with van der Waals surface area (Å²) in [5.41, 5.74) is 2.65. The highest BCUT2D eigenvalue weighted by Gasteiger charge is 2.20. The van der Waals surface area contributed by atoms with Crippen LogP contribution in [0.15, 0.2) is 73.2 Å². The molecular weight excluding hydrogens is 448 g/mol. The fourth-order valence-corrected chi connectivity index (χ4v) is 3.39. The Morgan fingerprint density at radius 1 is 0.971 bits per heavy atom. The van der Waals surface area contributed by atoms with E-state index in [1.165, 1.54) is 6.20 Å². The van der Waals surface area contributed by atoms with Crippen LogP contribution in [0.2, 0.25) is 0 Å². The zero-order valence-corrected chi connectivity index (χ0v) is 19.6. The third kappa shape index (κ3) is 6.05. The maximum Gasteiger partial charge on any atom is 0.254 e. The Morgan fingerprint density at radius 3 is 2.31 bits per heavy atom. The Bertz CT molecular complexity index is 1240. The van der Waals surface area contributed by atoms with Crippen LogP contribution in [0.4, 0.5) is 5.69 Å². The van der Waals surface area contributed by atoms with Crippen molar-refractivity contribution in [1.29, 1.82) is 0 Å². The van der Waals surface area contributed by atoms with Gasteiger partial charge in [0.25, 0.3) is 5.91 Å². The van der Waals surface area contributed by atoms with Crippen molar-refractivity contribution in [3.8, 4) is 17.2 Å². The second-order valence-corrected chi connectivity index (χ2v) is 7.58. The van der Waals surface area contributed by atoms with Gasteiger partial charge in [0, 0.05) is 36.3 Å². The van der Waals surface area contributed by atoms with E-state index >= 15 is 0 Å². The first-order chi connectivity index (χ1) is 17.1. The molecule has 0 spiro atoms. The summed E-state index contributed by atoms with van der Waals surface area (Å²) < 4.78 is 17.6. The summed E-state index contributed by atoms with van der Waals surface area (Å²) in [6.07, 6.45) is 4.20. The summed E-state index contributed by atoms with van der Waals surface area (Å²) in [6, 6.07) is 16.5. The molecule has 4 rings (SSSR count). The standard InChI is InChI=1S/C25H26N6O4/c1-33-20-8-6-17(7-9-20)15-31-16-23(29-30-31)24(28-25(32)18-5-4-10-26-14-18)27-19-11-21(34-2)13-22(12-19)35-3/h4-14,16,24,27H,15H2,1-3H3,(H,28,32). The predicted octanol–water partition coefficient (Wildman–Crippen LogP) is 3.29. The molecule has 2 aromatic carbocycles. The molecule has 1 atom stereocenters. The molecule has 2 N–H and O–H groups in total. The van der Waals surface area contributed by atoms with Crippen LogP contribution in [-0.2, 0) is 6.54 Å². The lowest BCUT2D eigenvalue weighted by Crippen LogP contribution is -2.33. The topological polar surface area (TPSA) is 112 Å². The molecule has 35 heavy (non-hydrogen) atoms. The van der Waals surface area contributed by atoms with Gasteiger partial charge in [-0.3, -0.25) is 9.78 Å². The Balaban J connectivity index is 1.59. The molecule has 0 aliphatic rings. The maximum absolute atomic E-state index is 12.9. The van der Waals surface area contributed by atoms with Crippen LogP contribution >= 0.6 is 0 Å². The van der Waals surface area contributed by atoms with Crippen molar-refractivity contribution >= 4 is 11.6 Å². The lowest BCUT2D eigenvalue weighted by Gasteiger charge is -2.20. The quantitative estimate of drug-likeness (QED) is 0.337. The molecule has 0 aliphatic carbocycles. The van der Waals surface area contributed by atoms with Crippen molar-refractivity contribution in [1.82, 2.24) is 25.3 Å². The van der Waals surface area contributed by atoms with Gasteiger partial charge in [-0.1, -0.05) is 17.3 Å². The number of anilines is 1. The third-order valence-corrected chi connectivity index (χ3v) is 5.22. The molecule has 1 amide bonds. The molecule has 10 nitrogen and oxygen atoms in total. The largest absolute Gasteiger partial charge is 0.497 e. The fourth-order valence-electron chi connectivity index (χ4n) is 3.39. The Labute approximate surface area is 202 Å². The number of carbonyl (C=O) groups excluding carboxylic acids is 1. The van der Waals surface area contributed by atoms with E-state index in [1.54, 1.807) is 68.7 Å². The van der Waals surface area contributed by atoms with Crippen molar-refractivity contribution in [2.24, 2.45) is 0 Å². The van der Waals surface area contributed by atoms with Crippen molar-refractivity contribution in [2.75, 3.05) is 26.6 Å². The molecule has 0 saturated heterocycles. The molecule has 1 unspecified atom stereocenters. The first kappa shape index (κ1) is 23.6. The summed E-state index contributed by atoms with van der Waals surface area (Å²) in [4.78, 5) is 16.9. The number of pyridine rings is 1. The summed E-state index contributed by atoms with van der Waals surface area (Å²) >= 11 is 0. The number of ether oxygens (including phenoxy) is 3. The van der Waals surface area contributed by atoms with E-state index in [1.807, 2.05) is 24.3 Å². The number of carbonyl (C=O) groups is 1. The van der Waals surface area contributed by atoms with Gasteiger partial charge < -0.3 is 24.8 Å². The first-order valence-electron chi connectivity index (χ1n) is 10.8. The van der Waals surface area contributed by atoms with Crippen molar-refractivity contribution in [2.45, 2.75) is 12.7 Å². The van der Waals surface area contributed by atoms with E-state index in [4.69, 9.17) is 14.2 Å². The zero-order chi connectivity index (χ0) is 24.6. The molecule has 2 heterocycles. The number of methoxy groups -OCH3 is 3. The molecule has 0 saturated carbocycles. The van der Waals surface area contributed by atoms with Crippen LogP contribution in [0.3, 0.4) is 0 Å². The molecule has 4 aromatic rings. The minimum Gasteiger partial charge on any atom is -0.497 e. The van der Waals surface area contributed by atoms with Gasteiger partial charge in [-0.2, -0.15) is 0 Å². The van der Waals surface area contributed by atoms with Gasteiger partial charge in [-0.25, -0.2) is 4.68 Å². The number of amides is 1. The van der Waals surface area contributed by atoms with E-state index in [2.05, 4.69) is 25.9 Å². The van der Waals surface area contributed by atoms with Gasteiger partial charge >= 0.3 is 0 Å². The van der Waals surface area contributed by atoms with Gasteiger partial charge in [0.15, 0.2) is 0 Å². The van der Waals surface area contributed by atoms with E-state index in [0.717, 1.165) is 11.3 Å². The monoisotopic (exact) mass is 474 g/mol. The van der Waals surface area contributed by atoms with Crippen LogP contribution in [0.25, 0.3) is 0 Å². The number of rotatable bonds is 10. The summed E-state index contributed by atoms with van der Waals surface area (Å²) in [5.74, 6) is 1.68. The predicted molar refractivity (Wildman–Crippen MR) is 130 cm³/mol. The number of nitrogens with one attached hydrogen (secondary N) is 2. The Hall–Kier alpha value is -4.60. The highest BCUT2D eigenvalue weighted by atomic mass is 16.5. The molecule has 0 fully saturated rings. The lowest BCUT2D eigenvalue weighted by atomic mass is 10.2.